The minimum atomic E-state index is 0.685. The molecule has 0 unspecified atom stereocenters. The number of allylic oxidation sites excluding steroid dienone is 3. The Morgan fingerprint density at radius 1 is 1.55 bits per heavy atom. The minimum absolute atomic E-state index is 0.685. The van der Waals surface area contributed by atoms with Crippen LogP contribution < -0.4 is 5.32 Å². The van der Waals surface area contributed by atoms with Crippen molar-refractivity contribution in [2.24, 2.45) is 4.99 Å². The largest absolute Gasteiger partial charge is 0.347 e. The van der Waals surface area contributed by atoms with E-state index in [0.29, 0.717) is 5.82 Å². The standard InChI is InChI=1S/C9H12N2/c1-8-6-4-3-5-7-10-9(2)11-8/h4-7,10H,2-3H2,1H3/b6-4-,7-5-,11-8-. The van der Waals surface area contributed by atoms with E-state index in [1.165, 1.54) is 0 Å². The van der Waals surface area contributed by atoms with E-state index in [1.807, 2.05) is 25.3 Å². The molecule has 0 aliphatic carbocycles. The average Bonchev–Trinajstić information content (AvgIpc) is 2.02. The van der Waals surface area contributed by atoms with Crippen LogP contribution in [0.15, 0.2) is 41.8 Å². The van der Waals surface area contributed by atoms with Crippen LogP contribution in [0.4, 0.5) is 0 Å². The van der Waals surface area contributed by atoms with E-state index in [0.717, 1.165) is 12.1 Å². The molecule has 0 fully saturated rings. The van der Waals surface area contributed by atoms with Crippen molar-refractivity contribution in [1.29, 1.82) is 0 Å². The minimum Gasteiger partial charge on any atom is -0.347 e. The summed E-state index contributed by atoms with van der Waals surface area (Å²) in [6, 6.07) is 0. The second-order valence-electron chi connectivity index (χ2n) is 2.38. The molecule has 0 atom stereocenters. The third-order valence-electron chi connectivity index (χ3n) is 1.31. The molecule has 1 aliphatic heterocycles. The van der Waals surface area contributed by atoms with Gasteiger partial charge in [0.1, 0.15) is 5.82 Å². The first-order chi connectivity index (χ1) is 5.29. The molecular weight excluding hydrogens is 136 g/mol. The van der Waals surface area contributed by atoms with Crippen molar-refractivity contribution in [2.75, 3.05) is 0 Å². The van der Waals surface area contributed by atoms with Crippen molar-refractivity contribution >= 4 is 5.71 Å². The van der Waals surface area contributed by atoms with Gasteiger partial charge in [0.05, 0.1) is 0 Å². The summed E-state index contributed by atoms with van der Waals surface area (Å²) in [5.74, 6) is 0.685. The summed E-state index contributed by atoms with van der Waals surface area (Å²) in [6.07, 6.45) is 8.87. The third kappa shape index (κ3) is 2.85. The number of aliphatic imine (C=N–C) groups is 1. The van der Waals surface area contributed by atoms with Crippen molar-refractivity contribution in [2.45, 2.75) is 13.3 Å². The molecule has 0 radical (unpaired) electrons. The highest BCUT2D eigenvalue weighted by Crippen LogP contribution is 1.95. The van der Waals surface area contributed by atoms with Crippen LogP contribution in [0.3, 0.4) is 0 Å². The van der Waals surface area contributed by atoms with Gasteiger partial charge in [-0.3, -0.25) is 0 Å². The molecule has 58 valence electrons. The van der Waals surface area contributed by atoms with Gasteiger partial charge in [0.25, 0.3) is 0 Å². The lowest BCUT2D eigenvalue weighted by molar-refractivity contribution is 1.03. The third-order valence-corrected chi connectivity index (χ3v) is 1.31. The SMILES string of the molecule is C=C1/N=C(C)\C=C/C/C=C\N1. The average molecular weight is 148 g/mol. The zero-order chi connectivity index (χ0) is 8.10. The van der Waals surface area contributed by atoms with Gasteiger partial charge in [-0.15, -0.1) is 0 Å². The van der Waals surface area contributed by atoms with E-state index < -0.39 is 0 Å². The highest BCUT2D eigenvalue weighted by molar-refractivity contribution is 5.93. The molecule has 11 heavy (non-hydrogen) atoms. The molecule has 0 saturated carbocycles. The topological polar surface area (TPSA) is 24.4 Å². The Labute approximate surface area is 67.0 Å². The van der Waals surface area contributed by atoms with Crippen LogP contribution in [0.5, 0.6) is 0 Å². The fraction of sp³-hybridized carbons (Fsp3) is 0.222. The molecule has 0 bridgehead atoms. The molecule has 0 aromatic rings. The molecule has 0 spiro atoms. The summed E-state index contributed by atoms with van der Waals surface area (Å²) >= 11 is 0. The molecule has 1 N–H and O–H groups in total. The summed E-state index contributed by atoms with van der Waals surface area (Å²) in [5.41, 5.74) is 0.978. The van der Waals surface area contributed by atoms with Gasteiger partial charge in [-0.05, 0) is 25.6 Å². The van der Waals surface area contributed by atoms with Crippen LogP contribution in [-0.2, 0) is 0 Å². The number of rotatable bonds is 0. The Morgan fingerprint density at radius 2 is 2.36 bits per heavy atom. The van der Waals surface area contributed by atoms with E-state index in [-0.39, 0.29) is 0 Å². The first kappa shape index (κ1) is 7.79. The first-order valence-corrected chi connectivity index (χ1v) is 3.61. The Hall–Kier alpha value is -1.31. The summed E-state index contributed by atoms with van der Waals surface area (Å²) in [6.45, 7) is 5.68. The lowest BCUT2D eigenvalue weighted by atomic mass is 10.3. The molecular formula is C9H12N2. The molecule has 1 rings (SSSR count). The van der Waals surface area contributed by atoms with Gasteiger partial charge in [-0.1, -0.05) is 18.7 Å². The first-order valence-electron chi connectivity index (χ1n) is 3.61. The van der Waals surface area contributed by atoms with Crippen LogP contribution >= 0.6 is 0 Å². The predicted octanol–water partition coefficient (Wildman–Crippen LogP) is 1.98. The normalized spacial score (nSPS) is 28.5. The molecule has 0 aromatic carbocycles. The van der Waals surface area contributed by atoms with Gasteiger partial charge in [0, 0.05) is 5.71 Å². The summed E-state index contributed by atoms with van der Waals surface area (Å²) in [7, 11) is 0. The molecule has 0 saturated heterocycles. The van der Waals surface area contributed by atoms with Gasteiger partial charge < -0.3 is 5.32 Å². The second kappa shape index (κ2) is 3.76. The van der Waals surface area contributed by atoms with E-state index in [9.17, 15) is 0 Å². The highest BCUT2D eigenvalue weighted by Gasteiger charge is 1.88. The maximum Gasteiger partial charge on any atom is 0.122 e. The quantitative estimate of drug-likeness (QED) is 0.558. The van der Waals surface area contributed by atoms with Crippen LogP contribution in [0, 0.1) is 0 Å². The molecule has 2 heteroatoms. The molecule has 2 nitrogen and oxygen atoms in total. The Morgan fingerprint density at radius 3 is 3.18 bits per heavy atom. The van der Waals surface area contributed by atoms with Crippen molar-refractivity contribution in [3.8, 4) is 0 Å². The second-order valence-corrected chi connectivity index (χ2v) is 2.38. The molecule has 0 aromatic heterocycles. The summed E-state index contributed by atoms with van der Waals surface area (Å²) in [4.78, 5) is 4.17. The van der Waals surface area contributed by atoms with E-state index >= 15 is 0 Å². The Bertz CT molecular complexity index is 234. The van der Waals surface area contributed by atoms with Crippen LogP contribution in [0.2, 0.25) is 0 Å². The predicted molar refractivity (Wildman–Crippen MR) is 48.3 cm³/mol. The number of nitrogens with one attached hydrogen (secondary N) is 1. The number of hydrogen-bond donors (Lipinski definition) is 1. The number of nitrogens with zero attached hydrogens (tertiary/aromatic N) is 1. The zero-order valence-electron chi connectivity index (χ0n) is 6.67. The van der Waals surface area contributed by atoms with Crippen LogP contribution in [-0.4, -0.2) is 5.71 Å². The van der Waals surface area contributed by atoms with E-state index in [4.69, 9.17) is 0 Å². The molecule has 0 amide bonds. The fourth-order valence-electron chi connectivity index (χ4n) is 0.823. The Balaban J connectivity index is 2.76. The van der Waals surface area contributed by atoms with Crippen molar-refractivity contribution in [3.05, 3.63) is 36.8 Å². The zero-order valence-corrected chi connectivity index (χ0v) is 6.67. The lowest BCUT2D eigenvalue weighted by Crippen LogP contribution is -2.01. The van der Waals surface area contributed by atoms with Crippen molar-refractivity contribution < 1.29 is 0 Å². The number of hydrogen-bond acceptors (Lipinski definition) is 2. The van der Waals surface area contributed by atoms with Crippen LogP contribution in [0.1, 0.15) is 13.3 Å². The lowest BCUT2D eigenvalue weighted by Gasteiger charge is -1.97. The monoisotopic (exact) mass is 148 g/mol. The van der Waals surface area contributed by atoms with Crippen molar-refractivity contribution in [3.63, 3.8) is 0 Å². The maximum atomic E-state index is 4.17. The van der Waals surface area contributed by atoms with E-state index in [1.54, 1.807) is 0 Å². The van der Waals surface area contributed by atoms with Gasteiger partial charge in [-0.25, -0.2) is 4.99 Å². The smallest absolute Gasteiger partial charge is 0.122 e. The van der Waals surface area contributed by atoms with Gasteiger partial charge in [0.15, 0.2) is 0 Å². The van der Waals surface area contributed by atoms with Gasteiger partial charge >= 0.3 is 0 Å². The van der Waals surface area contributed by atoms with Crippen LogP contribution in [0.25, 0.3) is 0 Å². The van der Waals surface area contributed by atoms with Gasteiger partial charge in [0.2, 0.25) is 0 Å². The fourth-order valence-corrected chi connectivity index (χ4v) is 0.823. The Kier molecular flexibility index (Phi) is 2.66. The molecule has 1 aliphatic rings. The van der Waals surface area contributed by atoms with Gasteiger partial charge in [-0.2, -0.15) is 0 Å². The highest BCUT2D eigenvalue weighted by atomic mass is 15.0. The summed E-state index contributed by atoms with van der Waals surface area (Å²) in [5, 5.41) is 2.95. The van der Waals surface area contributed by atoms with Crippen molar-refractivity contribution in [1.82, 2.24) is 5.32 Å². The summed E-state index contributed by atoms with van der Waals surface area (Å²) < 4.78 is 0. The van der Waals surface area contributed by atoms with E-state index in [2.05, 4.69) is 23.0 Å². The maximum absolute atomic E-state index is 4.17. The molecule has 1 heterocycles.